The number of aromatic nitrogens is 2. The maximum absolute atomic E-state index is 12.7. The van der Waals surface area contributed by atoms with E-state index >= 15 is 0 Å². The number of amides is 3. The molecule has 1 aliphatic carbocycles. The first-order valence-corrected chi connectivity index (χ1v) is 10.7. The van der Waals surface area contributed by atoms with Crippen LogP contribution < -0.4 is 10.6 Å². The quantitative estimate of drug-likeness (QED) is 0.691. The van der Waals surface area contributed by atoms with E-state index in [9.17, 15) is 14.4 Å². The van der Waals surface area contributed by atoms with Gasteiger partial charge in [0.1, 0.15) is 5.56 Å². The fourth-order valence-electron chi connectivity index (χ4n) is 3.79. The van der Waals surface area contributed by atoms with Crippen LogP contribution in [0.2, 0.25) is 0 Å². The van der Waals surface area contributed by atoms with Crippen LogP contribution >= 0.6 is 0 Å². The van der Waals surface area contributed by atoms with Crippen molar-refractivity contribution < 1.29 is 19.1 Å². The minimum absolute atomic E-state index is 0.0929. The highest BCUT2D eigenvalue weighted by Gasteiger charge is 2.26. The molecular weight excluding hydrogens is 396 g/mol. The number of hydrogen-bond donors (Lipinski definition) is 2. The molecule has 1 saturated carbocycles. The molecule has 166 valence electrons. The van der Waals surface area contributed by atoms with Gasteiger partial charge in [0.25, 0.3) is 5.91 Å². The Kier molecular flexibility index (Phi) is 7.09. The molecule has 2 N–H and O–H groups in total. The smallest absolute Gasteiger partial charge is 0.342 e. The lowest BCUT2D eigenvalue weighted by Gasteiger charge is -2.15. The van der Waals surface area contributed by atoms with Gasteiger partial charge in [0.2, 0.25) is 0 Å². The summed E-state index contributed by atoms with van der Waals surface area (Å²) >= 11 is 0. The van der Waals surface area contributed by atoms with Crippen LogP contribution in [0.25, 0.3) is 0 Å². The van der Waals surface area contributed by atoms with Crippen molar-refractivity contribution in [1.29, 1.82) is 0 Å². The number of rotatable bonds is 6. The molecule has 0 bridgehead atoms. The van der Waals surface area contributed by atoms with Crippen molar-refractivity contribution in [1.82, 2.24) is 20.4 Å². The second-order valence-electron chi connectivity index (χ2n) is 8.18. The molecule has 1 fully saturated rings. The third-order valence-corrected chi connectivity index (χ3v) is 5.62. The van der Waals surface area contributed by atoms with Gasteiger partial charge in [-0.05, 0) is 46.1 Å². The molecule has 0 aliphatic heterocycles. The monoisotopic (exact) mass is 426 g/mol. The molecule has 0 spiro atoms. The molecule has 1 aliphatic rings. The second kappa shape index (κ2) is 9.76. The zero-order valence-corrected chi connectivity index (χ0v) is 18.5. The first-order chi connectivity index (χ1) is 14.7. The Balaban J connectivity index is 1.60. The Morgan fingerprint density at radius 1 is 1.13 bits per heavy atom. The fraction of sp³-hybridized carbons (Fsp3) is 0.478. The van der Waals surface area contributed by atoms with Gasteiger partial charge in [-0.1, -0.05) is 42.7 Å². The number of imide groups is 1. The number of hydrogen-bond acceptors (Lipinski definition) is 5. The Bertz CT molecular complexity index is 959. The lowest BCUT2D eigenvalue weighted by molar-refractivity contribution is -0.127. The van der Waals surface area contributed by atoms with Crippen molar-refractivity contribution in [3.8, 4) is 0 Å². The van der Waals surface area contributed by atoms with Gasteiger partial charge in [0.15, 0.2) is 6.10 Å². The topological polar surface area (TPSA) is 102 Å². The molecule has 1 aromatic carbocycles. The maximum atomic E-state index is 12.7. The lowest BCUT2D eigenvalue weighted by Crippen LogP contribution is -2.47. The van der Waals surface area contributed by atoms with Crippen molar-refractivity contribution in [2.75, 3.05) is 0 Å². The van der Waals surface area contributed by atoms with Crippen LogP contribution in [0.15, 0.2) is 24.3 Å². The fourth-order valence-corrected chi connectivity index (χ4v) is 3.79. The molecule has 31 heavy (non-hydrogen) atoms. The molecule has 1 aromatic heterocycles. The SMILES string of the molecule is Cc1ccc(Cn2nc(C)c(C(=O)O[C@H](C)C(=O)NC(=O)NC3CCCC3)c2C)cc1. The van der Waals surface area contributed by atoms with Crippen molar-refractivity contribution in [3.63, 3.8) is 0 Å². The minimum Gasteiger partial charge on any atom is -0.449 e. The molecule has 1 atom stereocenters. The van der Waals surface area contributed by atoms with Gasteiger partial charge in [-0.2, -0.15) is 5.10 Å². The Labute approximate surface area is 182 Å². The third kappa shape index (κ3) is 5.71. The van der Waals surface area contributed by atoms with Gasteiger partial charge in [-0.3, -0.25) is 14.8 Å². The van der Waals surface area contributed by atoms with E-state index in [4.69, 9.17) is 4.74 Å². The summed E-state index contributed by atoms with van der Waals surface area (Å²) in [5.41, 5.74) is 3.76. The zero-order chi connectivity index (χ0) is 22.5. The number of ether oxygens (including phenoxy) is 1. The first kappa shape index (κ1) is 22.5. The Morgan fingerprint density at radius 2 is 1.77 bits per heavy atom. The van der Waals surface area contributed by atoms with E-state index in [0.29, 0.717) is 23.5 Å². The summed E-state index contributed by atoms with van der Waals surface area (Å²) in [5, 5.41) is 9.48. The van der Waals surface area contributed by atoms with Crippen molar-refractivity contribution in [3.05, 3.63) is 52.3 Å². The van der Waals surface area contributed by atoms with Crippen molar-refractivity contribution >= 4 is 17.9 Å². The summed E-state index contributed by atoms with van der Waals surface area (Å²) in [6, 6.07) is 7.63. The molecule has 8 heteroatoms. The predicted molar refractivity (Wildman–Crippen MR) is 116 cm³/mol. The Hall–Kier alpha value is -3.16. The van der Waals surface area contributed by atoms with E-state index in [-0.39, 0.29) is 6.04 Å². The second-order valence-corrected chi connectivity index (χ2v) is 8.18. The van der Waals surface area contributed by atoms with Crippen LogP contribution in [0, 0.1) is 20.8 Å². The lowest BCUT2D eigenvalue weighted by atomic mass is 10.1. The summed E-state index contributed by atoms with van der Waals surface area (Å²) < 4.78 is 7.07. The number of carbonyl (C=O) groups is 3. The number of benzene rings is 1. The van der Waals surface area contributed by atoms with Crippen LogP contribution in [0.3, 0.4) is 0 Å². The van der Waals surface area contributed by atoms with Crippen LogP contribution in [0.4, 0.5) is 4.79 Å². The van der Waals surface area contributed by atoms with E-state index in [1.165, 1.54) is 12.5 Å². The highest BCUT2D eigenvalue weighted by molar-refractivity contribution is 5.99. The number of carbonyl (C=O) groups excluding carboxylic acids is 3. The van der Waals surface area contributed by atoms with E-state index in [2.05, 4.69) is 15.7 Å². The maximum Gasteiger partial charge on any atom is 0.342 e. The van der Waals surface area contributed by atoms with Crippen LogP contribution in [-0.4, -0.2) is 39.8 Å². The molecule has 8 nitrogen and oxygen atoms in total. The van der Waals surface area contributed by atoms with Gasteiger partial charge in [0.05, 0.1) is 17.9 Å². The summed E-state index contributed by atoms with van der Waals surface area (Å²) in [5.74, 6) is -1.30. The van der Waals surface area contributed by atoms with E-state index in [0.717, 1.165) is 31.2 Å². The summed E-state index contributed by atoms with van der Waals surface area (Å²) in [4.78, 5) is 37.0. The predicted octanol–water partition coefficient (Wildman–Crippen LogP) is 3.17. The highest BCUT2D eigenvalue weighted by Crippen LogP contribution is 2.18. The molecule has 1 heterocycles. The largest absolute Gasteiger partial charge is 0.449 e. The normalized spacial score (nSPS) is 14.8. The molecule has 3 amide bonds. The average Bonchev–Trinajstić information content (AvgIpc) is 3.31. The highest BCUT2D eigenvalue weighted by atomic mass is 16.5. The molecular formula is C23H30N4O4. The zero-order valence-electron chi connectivity index (χ0n) is 18.5. The summed E-state index contributed by atoms with van der Waals surface area (Å²) in [7, 11) is 0. The first-order valence-electron chi connectivity index (χ1n) is 10.7. The summed E-state index contributed by atoms with van der Waals surface area (Å²) in [6.45, 7) is 7.52. The van der Waals surface area contributed by atoms with Gasteiger partial charge >= 0.3 is 12.0 Å². The molecule has 3 rings (SSSR count). The van der Waals surface area contributed by atoms with Crippen LogP contribution in [0.5, 0.6) is 0 Å². The molecule has 2 aromatic rings. The van der Waals surface area contributed by atoms with Crippen LogP contribution in [-0.2, 0) is 16.1 Å². The molecule has 0 saturated heterocycles. The number of nitrogens with zero attached hydrogens (tertiary/aromatic N) is 2. The van der Waals surface area contributed by atoms with Gasteiger partial charge < -0.3 is 10.1 Å². The summed E-state index contributed by atoms with van der Waals surface area (Å²) in [6.07, 6.45) is 2.86. The third-order valence-electron chi connectivity index (χ3n) is 5.62. The molecule has 0 unspecified atom stereocenters. The number of aryl methyl sites for hydroxylation is 2. The number of esters is 1. The minimum atomic E-state index is -1.11. The van der Waals surface area contributed by atoms with E-state index < -0.39 is 24.0 Å². The van der Waals surface area contributed by atoms with Gasteiger partial charge in [-0.15, -0.1) is 0 Å². The van der Waals surface area contributed by atoms with Gasteiger partial charge in [-0.25, -0.2) is 9.59 Å². The number of urea groups is 1. The van der Waals surface area contributed by atoms with Crippen molar-refractivity contribution in [2.24, 2.45) is 0 Å². The van der Waals surface area contributed by atoms with Gasteiger partial charge in [0, 0.05) is 6.04 Å². The number of nitrogens with one attached hydrogen (secondary N) is 2. The molecule has 0 radical (unpaired) electrons. The van der Waals surface area contributed by atoms with E-state index in [1.54, 1.807) is 18.5 Å². The van der Waals surface area contributed by atoms with Crippen molar-refractivity contribution in [2.45, 2.75) is 72.1 Å². The average molecular weight is 427 g/mol. The van der Waals surface area contributed by atoms with Crippen LogP contribution in [0.1, 0.15) is 65.5 Å². The Morgan fingerprint density at radius 3 is 2.42 bits per heavy atom. The standard InChI is InChI=1S/C23H30N4O4/c1-14-9-11-18(12-10-14)13-27-16(3)20(15(2)26-27)22(29)31-17(4)21(28)25-23(30)24-19-7-5-6-8-19/h9-12,17,19H,5-8,13H2,1-4H3,(H2,24,25,28,30)/t17-/m1/s1. The van der Waals surface area contributed by atoms with E-state index in [1.807, 2.05) is 31.2 Å².